The summed E-state index contributed by atoms with van der Waals surface area (Å²) in [6.07, 6.45) is 1.40. The zero-order valence-electron chi connectivity index (χ0n) is 5.32. The van der Waals surface area contributed by atoms with Gasteiger partial charge in [0.2, 0.25) is 0 Å². The Labute approximate surface area is 49.0 Å². The van der Waals surface area contributed by atoms with Crippen molar-refractivity contribution in [3.05, 3.63) is 0 Å². The van der Waals surface area contributed by atoms with E-state index in [9.17, 15) is 4.79 Å². The second-order valence-corrected chi connectivity index (χ2v) is 2.42. The monoisotopic (exact) mass is 116 g/mol. The van der Waals surface area contributed by atoms with Crippen molar-refractivity contribution in [2.24, 2.45) is 0 Å². The second kappa shape index (κ2) is 2.67. The van der Waals surface area contributed by atoms with Crippen molar-refractivity contribution in [2.45, 2.75) is 26.4 Å². The van der Waals surface area contributed by atoms with Crippen molar-refractivity contribution in [1.29, 1.82) is 0 Å². The Balaban J connectivity index is 3.24. The molecule has 0 aromatic carbocycles. The van der Waals surface area contributed by atoms with E-state index in [-0.39, 0.29) is 5.60 Å². The third-order valence-electron chi connectivity index (χ3n) is 0.399. The first-order valence-corrected chi connectivity index (χ1v) is 2.36. The van der Waals surface area contributed by atoms with Gasteiger partial charge in [-0.25, -0.2) is 5.48 Å². The molecule has 0 atom stereocenters. The van der Waals surface area contributed by atoms with Gasteiger partial charge in [0.15, 0.2) is 0 Å². The number of hydrogen-bond acceptors (Lipinski definition) is 2. The van der Waals surface area contributed by atoms with Crippen LogP contribution in [0.2, 0.25) is 0 Å². The van der Waals surface area contributed by atoms with Gasteiger partial charge < -0.3 is 0 Å². The van der Waals surface area contributed by atoms with Crippen molar-refractivity contribution < 1.29 is 9.63 Å². The summed E-state index contributed by atoms with van der Waals surface area (Å²) in [5, 5.41) is 0. The molecule has 1 N–H and O–H groups in total. The molecule has 3 heteroatoms. The highest BCUT2D eigenvalue weighted by Crippen LogP contribution is 2.02. The highest BCUT2D eigenvalue weighted by Gasteiger charge is 2.08. The average molecular weight is 116 g/mol. The Bertz CT molecular complexity index is 75.0. The van der Waals surface area contributed by atoms with Crippen LogP contribution in [0, 0.1) is 0 Å². The summed E-state index contributed by atoms with van der Waals surface area (Å²) in [5.41, 5.74) is 1.66. The number of amides is 1. The zero-order valence-corrected chi connectivity index (χ0v) is 5.32. The fourth-order valence-corrected chi connectivity index (χ4v) is 0.174. The number of rotatable bonds is 2. The van der Waals surface area contributed by atoms with Crippen LogP contribution in [-0.2, 0) is 9.63 Å². The molecule has 0 fully saturated rings. The van der Waals surface area contributed by atoms with Crippen molar-refractivity contribution >= 4 is 6.41 Å². The molecular formula is C5H10NO2. The highest BCUT2D eigenvalue weighted by molar-refractivity contribution is 5.45. The van der Waals surface area contributed by atoms with Crippen molar-refractivity contribution in [2.75, 3.05) is 0 Å². The van der Waals surface area contributed by atoms with E-state index >= 15 is 0 Å². The Morgan fingerprint density at radius 3 is 2.12 bits per heavy atom. The largest absolute Gasteiger partial charge is 0.335 e. The predicted octanol–water partition coefficient (Wildman–Crippen LogP) is 0.373. The third-order valence-corrected chi connectivity index (χ3v) is 0.399. The van der Waals surface area contributed by atoms with E-state index in [0.29, 0.717) is 0 Å². The van der Waals surface area contributed by atoms with Crippen LogP contribution >= 0.6 is 0 Å². The molecule has 0 saturated heterocycles. The van der Waals surface area contributed by atoms with Gasteiger partial charge in [-0.2, -0.15) is 0 Å². The van der Waals surface area contributed by atoms with Gasteiger partial charge in [0, 0.05) is 0 Å². The maximum Gasteiger partial charge on any atom is 0.335 e. The molecule has 0 aromatic rings. The molecule has 0 unspecified atom stereocenters. The highest BCUT2D eigenvalue weighted by atomic mass is 16.7. The third kappa shape index (κ3) is 5.43. The standard InChI is InChI=1S/C5H10NO2/c1-5(2,3)8-6-4-7/h1-3H3,(H,6,7). The lowest BCUT2D eigenvalue weighted by Crippen LogP contribution is -2.27. The molecule has 0 aliphatic rings. The van der Waals surface area contributed by atoms with Crippen LogP contribution in [-0.4, -0.2) is 12.0 Å². The molecule has 0 spiro atoms. The minimum absolute atomic E-state index is 0.322. The minimum Gasteiger partial charge on any atom is -0.268 e. The number of carbonyl (C=O) groups excluding carboxylic acids is 1. The van der Waals surface area contributed by atoms with Gasteiger partial charge in [-0.3, -0.25) is 9.63 Å². The maximum absolute atomic E-state index is 9.49. The lowest BCUT2D eigenvalue weighted by Gasteiger charge is -2.15. The van der Waals surface area contributed by atoms with Gasteiger partial charge in [0.05, 0.1) is 5.60 Å². The zero-order chi connectivity index (χ0) is 6.62. The first-order valence-electron chi connectivity index (χ1n) is 2.36. The Morgan fingerprint density at radius 2 is 2.00 bits per heavy atom. The van der Waals surface area contributed by atoms with Crippen LogP contribution in [0.15, 0.2) is 0 Å². The summed E-state index contributed by atoms with van der Waals surface area (Å²) < 4.78 is 0. The maximum atomic E-state index is 9.49. The molecule has 0 bridgehead atoms. The molecule has 0 heterocycles. The fourth-order valence-electron chi connectivity index (χ4n) is 0.174. The molecule has 1 amide bonds. The quantitative estimate of drug-likeness (QED) is 0.418. The van der Waals surface area contributed by atoms with Gasteiger partial charge >= 0.3 is 6.41 Å². The van der Waals surface area contributed by atoms with Crippen molar-refractivity contribution in [1.82, 2.24) is 5.48 Å². The SMILES string of the molecule is CC(C)(C)ON[C]=O. The van der Waals surface area contributed by atoms with Crippen LogP contribution in [0.3, 0.4) is 0 Å². The molecule has 0 aliphatic carbocycles. The molecule has 8 heavy (non-hydrogen) atoms. The molecule has 0 saturated carbocycles. The van der Waals surface area contributed by atoms with E-state index in [0.717, 1.165) is 0 Å². The van der Waals surface area contributed by atoms with Gasteiger partial charge in [-0.1, -0.05) is 0 Å². The first kappa shape index (κ1) is 7.43. The van der Waals surface area contributed by atoms with Crippen LogP contribution < -0.4 is 5.48 Å². The normalized spacial score (nSPS) is 10.9. The van der Waals surface area contributed by atoms with Crippen LogP contribution in [0.5, 0.6) is 0 Å². The summed E-state index contributed by atoms with van der Waals surface area (Å²) in [4.78, 5) is 14.2. The summed E-state index contributed by atoms with van der Waals surface area (Å²) in [6.45, 7) is 5.49. The predicted molar refractivity (Wildman–Crippen MR) is 29.7 cm³/mol. The Kier molecular flexibility index (Phi) is 2.48. The second-order valence-electron chi connectivity index (χ2n) is 2.42. The molecule has 3 nitrogen and oxygen atoms in total. The Hall–Kier alpha value is -0.570. The fraction of sp³-hybridized carbons (Fsp3) is 0.800. The minimum atomic E-state index is -0.322. The summed E-state index contributed by atoms with van der Waals surface area (Å²) in [7, 11) is 0. The van der Waals surface area contributed by atoms with Gasteiger partial charge in [0.25, 0.3) is 0 Å². The van der Waals surface area contributed by atoms with E-state index in [2.05, 4.69) is 0 Å². The summed E-state index contributed by atoms with van der Waals surface area (Å²) in [6, 6.07) is 0. The lowest BCUT2D eigenvalue weighted by molar-refractivity contribution is -0.0431. The Morgan fingerprint density at radius 1 is 1.50 bits per heavy atom. The molecule has 0 aromatic heterocycles. The van der Waals surface area contributed by atoms with Gasteiger partial charge in [0.1, 0.15) is 0 Å². The molecule has 0 aliphatic heterocycles. The van der Waals surface area contributed by atoms with E-state index < -0.39 is 0 Å². The smallest absolute Gasteiger partial charge is 0.268 e. The van der Waals surface area contributed by atoms with E-state index in [1.165, 1.54) is 6.41 Å². The van der Waals surface area contributed by atoms with Crippen LogP contribution in [0.1, 0.15) is 20.8 Å². The number of nitrogens with one attached hydrogen (secondary N) is 1. The van der Waals surface area contributed by atoms with E-state index in [1.807, 2.05) is 26.3 Å². The van der Waals surface area contributed by atoms with Crippen molar-refractivity contribution in [3.63, 3.8) is 0 Å². The molecule has 47 valence electrons. The first-order chi connectivity index (χ1) is 3.56. The number of hydrogen-bond donors (Lipinski definition) is 1. The van der Waals surface area contributed by atoms with E-state index in [1.54, 1.807) is 0 Å². The number of hydroxylamine groups is 1. The summed E-state index contributed by atoms with van der Waals surface area (Å²) >= 11 is 0. The van der Waals surface area contributed by atoms with Crippen molar-refractivity contribution in [3.8, 4) is 0 Å². The molecule has 0 rings (SSSR count). The molecule has 1 radical (unpaired) electrons. The average Bonchev–Trinajstić information content (AvgIpc) is 1.59. The topological polar surface area (TPSA) is 38.3 Å². The van der Waals surface area contributed by atoms with E-state index in [4.69, 9.17) is 4.84 Å². The van der Waals surface area contributed by atoms with Gasteiger partial charge in [-0.05, 0) is 20.8 Å². The lowest BCUT2D eigenvalue weighted by atomic mass is 10.2. The van der Waals surface area contributed by atoms with Crippen LogP contribution in [0.25, 0.3) is 0 Å². The molecular weight excluding hydrogens is 106 g/mol. The van der Waals surface area contributed by atoms with Crippen LogP contribution in [0.4, 0.5) is 0 Å². The van der Waals surface area contributed by atoms with Gasteiger partial charge in [-0.15, -0.1) is 0 Å². The summed E-state index contributed by atoms with van der Waals surface area (Å²) in [5.74, 6) is 0.